The maximum atomic E-state index is 12.0. The summed E-state index contributed by atoms with van der Waals surface area (Å²) in [4.78, 5) is 14.0. The number of amides is 1. The highest BCUT2D eigenvalue weighted by atomic mass is 16.2. The van der Waals surface area contributed by atoms with Crippen molar-refractivity contribution in [2.24, 2.45) is 17.1 Å². The first-order valence-electron chi connectivity index (χ1n) is 6.36. The van der Waals surface area contributed by atoms with E-state index < -0.39 is 0 Å². The van der Waals surface area contributed by atoms with Gasteiger partial charge in [0.15, 0.2) is 0 Å². The fraction of sp³-hybridized carbons (Fsp3) is 0.923. The molecule has 0 aromatic carbocycles. The van der Waals surface area contributed by atoms with Crippen LogP contribution in [-0.2, 0) is 4.79 Å². The van der Waals surface area contributed by atoms with Crippen LogP contribution in [0.5, 0.6) is 0 Å². The molecule has 0 bridgehead atoms. The van der Waals surface area contributed by atoms with Crippen molar-refractivity contribution in [2.75, 3.05) is 13.1 Å². The van der Waals surface area contributed by atoms with Crippen LogP contribution in [0.3, 0.4) is 0 Å². The lowest BCUT2D eigenvalue weighted by Crippen LogP contribution is -2.53. The molecule has 3 nitrogen and oxygen atoms in total. The molecule has 0 aromatic rings. The van der Waals surface area contributed by atoms with Crippen LogP contribution < -0.4 is 5.73 Å². The number of rotatable bonds is 3. The first kappa shape index (κ1) is 13.5. The van der Waals surface area contributed by atoms with Gasteiger partial charge in [0.05, 0.1) is 0 Å². The number of carbonyl (C=O) groups is 1. The Morgan fingerprint density at radius 1 is 1.50 bits per heavy atom. The molecule has 94 valence electrons. The second-order valence-corrected chi connectivity index (χ2v) is 6.13. The van der Waals surface area contributed by atoms with Gasteiger partial charge in [-0.1, -0.05) is 27.7 Å². The summed E-state index contributed by atoms with van der Waals surface area (Å²) in [5.41, 5.74) is 6.12. The molecule has 1 aliphatic heterocycles. The van der Waals surface area contributed by atoms with Crippen LogP contribution in [-0.4, -0.2) is 29.9 Å². The highest BCUT2D eigenvalue weighted by Crippen LogP contribution is 2.28. The van der Waals surface area contributed by atoms with Crippen molar-refractivity contribution in [3.8, 4) is 0 Å². The molecule has 2 N–H and O–H groups in total. The molecule has 1 fully saturated rings. The van der Waals surface area contributed by atoms with Crippen molar-refractivity contribution in [1.82, 2.24) is 4.90 Å². The molecule has 1 heterocycles. The Morgan fingerprint density at radius 3 is 2.62 bits per heavy atom. The summed E-state index contributed by atoms with van der Waals surface area (Å²) < 4.78 is 0. The zero-order valence-electron chi connectivity index (χ0n) is 11.1. The summed E-state index contributed by atoms with van der Waals surface area (Å²) in [7, 11) is 0. The van der Waals surface area contributed by atoms with Gasteiger partial charge in [-0.25, -0.2) is 0 Å². The molecule has 0 aliphatic carbocycles. The Labute approximate surface area is 99.4 Å². The number of likely N-dealkylation sites (tertiary alicyclic amines) is 1. The number of carbonyl (C=O) groups excluding carboxylic acids is 1. The molecule has 1 unspecified atom stereocenters. The average Bonchev–Trinajstić information content (AvgIpc) is 2.18. The van der Waals surface area contributed by atoms with Crippen molar-refractivity contribution in [3.05, 3.63) is 0 Å². The van der Waals surface area contributed by atoms with Gasteiger partial charge < -0.3 is 10.6 Å². The van der Waals surface area contributed by atoms with Crippen molar-refractivity contribution < 1.29 is 4.79 Å². The summed E-state index contributed by atoms with van der Waals surface area (Å²) >= 11 is 0. The van der Waals surface area contributed by atoms with Gasteiger partial charge >= 0.3 is 0 Å². The molecule has 16 heavy (non-hydrogen) atoms. The van der Waals surface area contributed by atoms with E-state index in [-0.39, 0.29) is 11.5 Å². The maximum absolute atomic E-state index is 12.0. The van der Waals surface area contributed by atoms with E-state index in [4.69, 9.17) is 5.73 Å². The monoisotopic (exact) mass is 226 g/mol. The van der Waals surface area contributed by atoms with Crippen molar-refractivity contribution in [2.45, 2.75) is 53.0 Å². The lowest BCUT2D eigenvalue weighted by atomic mass is 9.79. The van der Waals surface area contributed by atoms with E-state index in [0.29, 0.717) is 18.2 Å². The van der Waals surface area contributed by atoms with Gasteiger partial charge in [0.1, 0.15) is 0 Å². The molecule has 0 radical (unpaired) electrons. The van der Waals surface area contributed by atoms with E-state index in [9.17, 15) is 4.79 Å². The van der Waals surface area contributed by atoms with E-state index in [1.54, 1.807) is 0 Å². The van der Waals surface area contributed by atoms with Crippen LogP contribution in [0.25, 0.3) is 0 Å². The quantitative estimate of drug-likeness (QED) is 0.800. The molecule has 1 atom stereocenters. The van der Waals surface area contributed by atoms with Gasteiger partial charge in [-0.2, -0.15) is 0 Å². The summed E-state index contributed by atoms with van der Waals surface area (Å²) in [5, 5.41) is 0. The normalized spacial score (nSPS) is 24.9. The minimum Gasteiger partial charge on any atom is -0.342 e. The zero-order valence-corrected chi connectivity index (χ0v) is 11.1. The van der Waals surface area contributed by atoms with E-state index in [1.807, 2.05) is 4.90 Å². The molecule has 1 rings (SSSR count). The summed E-state index contributed by atoms with van der Waals surface area (Å²) in [6.45, 7) is 10.3. The maximum Gasteiger partial charge on any atom is 0.222 e. The largest absolute Gasteiger partial charge is 0.342 e. The highest BCUT2D eigenvalue weighted by molar-refractivity contribution is 5.76. The third-order valence-corrected chi connectivity index (χ3v) is 3.60. The smallest absolute Gasteiger partial charge is 0.222 e. The average molecular weight is 226 g/mol. The number of hydrogen-bond donors (Lipinski definition) is 1. The van der Waals surface area contributed by atoms with Crippen LogP contribution in [0.2, 0.25) is 0 Å². The number of nitrogens with two attached hydrogens (primary N) is 1. The molecular formula is C13H26N2O. The van der Waals surface area contributed by atoms with Crippen LogP contribution >= 0.6 is 0 Å². The standard InChI is InChI=1S/C13H26N2O/c1-10(2)5-6-12(16)15-8-7-11(14)13(3,4)9-15/h10-11H,5-9,14H2,1-4H3. The second-order valence-electron chi connectivity index (χ2n) is 6.13. The Morgan fingerprint density at radius 2 is 2.12 bits per heavy atom. The first-order chi connectivity index (χ1) is 7.33. The Bertz CT molecular complexity index is 248. The number of piperidine rings is 1. The summed E-state index contributed by atoms with van der Waals surface area (Å²) in [6.07, 6.45) is 2.60. The predicted molar refractivity (Wildman–Crippen MR) is 67.0 cm³/mol. The third-order valence-electron chi connectivity index (χ3n) is 3.60. The zero-order chi connectivity index (χ0) is 12.3. The fourth-order valence-electron chi connectivity index (χ4n) is 2.16. The van der Waals surface area contributed by atoms with E-state index >= 15 is 0 Å². The SMILES string of the molecule is CC(C)CCC(=O)N1CCC(N)C(C)(C)C1. The second kappa shape index (κ2) is 5.17. The van der Waals surface area contributed by atoms with E-state index in [1.165, 1.54) is 0 Å². The predicted octanol–water partition coefficient (Wildman–Crippen LogP) is 2.01. The molecule has 3 heteroatoms. The van der Waals surface area contributed by atoms with E-state index in [0.717, 1.165) is 25.9 Å². The van der Waals surface area contributed by atoms with Gasteiger partial charge in [0.2, 0.25) is 5.91 Å². The van der Waals surface area contributed by atoms with Gasteiger partial charge in [-0.05, 0) is 24.2 Å². The van der Waals surface area contributed by atoms with Crippen LogP contribution in [0.15, 0.2) is 0 Å². The molecule has 1 amide bonds. The number of hydrogen-bond acceptors (Lipinski definition) is 2. The van der Waals surface area contributed by atoms with Crippen LogP contribution in [0.1, 0.15) is 47.0 Å². The molecule has 1 aliphatic rings. The Hall–Kier alpha value is -0.570. The minimum absolute atomic E-state index is 0.0613. The van der Waals surface area contributed by atoms with Gasteiger partial charge in [-0.15, -0.1) is 0 Å². The summed E-state index contributed by atoms with van der Waals surface area (Å²) in [5.74, 6) is 0.901. The van der Waals surface area contributed by atoms with Crippen molar-refractivity contribution >= 4 is 5.91 Å². The lowest BCUT2D eigenvalue weighted by molar-refractivity contribution is -0.134. The molecule has 0 aromatic heterocycles. The topological polar surface area (TPSA) is 46.3 Å². The molecule has 0 saturated carbocycles. The lowest BCUT2D eigenvalue weighted by Gasteiger charge is -2.42. The molecule has 0 spiro atoms. The van der Waals surface area contributed by atoms with Crippen molar-refractivity contribution in [3.63, 3.8) is 0 Å². The summed E-state index contributed by atoms with van der Waals surface area (Å²) in [6, 6.07) is 0.224. The Balaban J connectivity index is 2.46. The van der Waals surface area contributed by atoms with Crippen LogP contribution in [0.4, 0.5) is 0 Å². The number of nitrogens with zero attached hydrogens (tertiary/aromatic N) is 1. The molecule has 1 saturated heterocycles. The minimum atomic E-state index is 0.0613. The van der Waals surface area contributed by atoms with Gasteiger partial charge in [-0.3, -0.25) is 4.79 Å². The van der Waals surface area contributed by atoms with E-state index in [2.05, 4.69) is 27.7 Å². The van der Waals surface area contributed by atoms with Gasteiger partial charge in [0.25, 0.3) is 0 Å². The van der Waals surface area contributed by atoms with Crippen LogP contribution in [0, 0.1) is 11.3 Å². The molecular weight excluding hydrogens is 200 g/mol. The first-order valence-corrected chi connectivity index (χ1v) is 6.36. The van der Waals surface area contributed by atoms with Gasteiger partial charge in [0, 0.05) is 25.6 Å². The van der Waals surface area contributed by atoms with Crippen molar-refractivity contribution in [1.29, 1.82) is 0 Å². The fourth-order valence-corrected chi connectivity index (χ4v) is 2.16. The highest BCUT2D eigenvalue weighted by Gasteiger charge is 2.34. The third kappa shape index (κ3) is 3.48. The Kier molecular flexibility index (Phi) is 4.36.